The predicted molar refractivity (Wildman–Crippen MR) is 76.5 cm³/mol. The van der Waals surface area contributed by atoms with Gasteiger partial charge in [0.15, 0.2) is 9.84 Å². The van der Waals surface area contributed by atoms with E-state index in [2.05, 4.69) is 5.32 Å². The Bertz CT molecular complexity index is 541. The highest BCUT2D eigenvalue weighted by Crippen LogP contribution is 2.28. The Morgan fingerprint density at radius 2 is 2.16 bits per heavy atom. The number of nitrogens with one attached hydrogen (secondary N) is 1. The van der Waals surface area contributed by atoms with Crippen molar-refractivity contribution < 1.29 is 13.2 Å². The van der Waals surface area contributed by atoms with E-state index in [1.807, 2.05) is 12.1 Å². The Labute approximate surface area is 119 Å². The van der Waals surface area contributed by atoms with Gasteiger partial charge in [-0.25, -0.2) is 8.42 Å². The maximum absolute atomic E-state index is 11.1. The highest BCUT2D eigenvalue weighted by atomic mass is 35.5. The Kier molecular flexibility index (Phi) is 4.71. The number of ether oxygens (including phenoxy) is 1. The lowest BCUT2D eigenvalue weighted by Gasteiger charge is -2.13. The van der Waals surface area contributed by atoms with Crippen molar-refractivity contribution in [3.8, 4) is 5.75 Å². The minimum absolute atomic E-state index is 0.00894. The molecule has 19 heavy (non-hydrogen) atoms. The molecule has 0 aliphatic heterocycles. The van der Waals surface area contributed by atoms with Gasteiger partial charge < -0.3 is 10.1 Å². The van der Waals surface area contributed by atoms with E-state index in [9.17, 15) is 8.42 Å². The monoisotopic (exact) mass is 303 g/mol. The summed E-state index contributed by atoms with van der Waals surface area (Å²) >= 11 is 6.16. The number of rotatable bonds is 7. The number of hydrogen-bond acceptors (Lipinski definition) is 4. The summed E-state index contributed by atoms with van der Waals surface area (Å²) in [4.78, 5) is 0. The molecule has 0 spiro atoms. The van der Waals surface area contributed by atoms with E-state index in [0.29, 0.717) is 23.4 Å². The van der Waals surface area contributed by atoms with E-state index in [1.54, 1.807) is 6.07 Å². The van der Waals surface area contributed by atoms with Crippen LogP contribution in [0.15, 0.2) is 18.2 Å². The molecule has 1 aliphatic rings. The topological polar surface area (TPSA) is 55.4 Å². The zero-order valence-electron chi connectivity index (χ0n) is 10.9. The molecule has 6 heteroatoms. The van der Waals surface area contributed by atoms with Crippen LogP contribution in [-0.2, 0) is 16.4 Å². The summed E-state index contributed by atoms with van der Waals surface area (Å²) in [6.07, 6.45) is 3.60. The molecule has 0 heterocycles. The second-order valence-corrected chi connectivity index (χ2v) is 7.52. The second-order valence-electron chi connectivity index (χ2n) is 4.85. The van der Waals surface area contributed by atoms with E-state index in [0.717, 1.165) is 5.56 Å². The summed E-state index contributed by atoms with van der Waals surface area (Å²) < 4.78 is 27.7. The van der Waals surface area contributed by atoms with Crippen LogP contribution in [-0.4, -0.2) is 33.1 Å². The minimum Gasteiger partial charge on any atom is -0.492 e. The molecule has 4 nitrogen and oxygen atoms in total. The molecule has 0 saturated heterocycles. The summed E-state index contributed by atoms with van der Waals surface area (Å²) in [6.45, 7) is 0.800. The Morgan fingerprint density at radius 3 is 2.79 bits per heavy atom. The molecular weight excluding hydrogens is 286 g/mol. The van der Waals surface area contributed by atoms with Crippen molar-refractivity contribution in [2.45, 2.75) is 25.4 Å². The van der Waals surface area contributed by atoms with Gasteiger partial charge in [-0.05, 0) is 25.0 Å². The lowest BCUT2D eigenvalue weighted by molar-refractivity contribution is 0.336. The first-order valence-electron chi connectivity index (χ1n) is 6.27. The van der Waals surface area contributed by atoms with Crippen LogP contribution in [0, 0.1) is 0 Å². The Balaban J connectivity index is 1.99. The summed E-state index contributed by atoms with van der Waals surface area (Å²) in [5, 5.41) is 4.02. The van der Waals surface area contributed by atoms with Crippen molar-refractivity contribution in [1.29, 1.82) is 0 Å². The van der Waals surface area contributed by atoms with Crippen molar-refractivity contribution >= 4 is 21.4 Å². The largest absolute Gasteiger partial charge is 0.492 e. The molecule has 2 rings (SSSR count). The first-order valence-corrected chi connectivity index (χ1v) is 8.71. The Hall–Kier alpha value is -0.780. The van der Waals surface area contributed by atoms with Gasteiger partial charge in [-0.3, -0.25) is 0 Å². The molecule has 0 bridgehead atoms. The van der Waals surface area contributed by atoms with Crippen molar-refractivity contribution in [1.82, 2.24) is 5.32 Å². The van der Waals surface area contributed by atoms with E-state index in [1.165, 1.54) is 19.1 Å². The molecule has 0 aromatic heterocycles. The molecule has 1 aromatic rings. The number of halogens is 1. The van der Waals surface area contributed by atoms with Crippen LogP contribution in [0.3, 0.4) is 0 Å². The molecule has 1 aromatic carbocycles. The molecule has 1 fully saturated rings. The van der Waals surface area contributed by atoms with Gasteiger partial charge in [0, 0.05) is 29.4 Å². The zero-order chi connectivity index (χ0) is 13.9. The molecule has 0 atom stereocenters. The van der Waals surface area contributed by atoms with E-state index in [4.69, 9.17) is 16.3 Å². The molecule has 0 unspecified atom stereocenters. The van der Waals surface area contributed by atoms with Crippen LogP contribution >= 0.6 is 11.6 Å². The SMILES string of the molecule is CS(=O)(=O)CCOc1cccc(Cl)c1CNC1CC1. The van der Waals surface area contributed by atoms with Crippen LogP contribution in [0.5, 0.6) is 5.75 Å². The van der Waals surface area contributed by atoms with Crippen molar-refractivity contribution in [3.05, 3.63) is 28.8 Å². The number of sulfone groups is 1. The van der Waals surface area contributed by atoms with Crippen LogP contribution in [0.1, 0.15) is 18.4 Å². The smallest absolute Gasteiger partial charge is 0.150 e. The zero-order valence-corrected chi connectivity index (χ0v) is 12.4. The molecule has 0 amide bonds. The maximum atomic E-state index is 11.1. The average molecular weight is 304 g/mol. The fourth-order valence-electron chi connectivity index (χ4n) is 1.68. The predicted octanol–water partition coefficient (Wildman–Crippen LogP) is 2.02. The molecule has 1 saturated carbocycles. The third kappa shape index (κ3) is 5.01. The molecule has 0 radical (unpaired) electrons. The van der Waals surface area contributed by atoms with Crippen molar-refractivity contribution in [2.24, 2.45) is 0 Å². The lowest BCUT2D eigenvalue weighted by atomic mass is 10.2. The third-order valence-corrected chi connectivity index (χ3v) is 4.19. The highest BCUT2D eigenvalue weighted by Gasteiger charge is 2.21. The molecule has 1 aliphatic carbocycles. The normalized spacial score (nSPS) is 15.5. The van der Waals surface area contributed by atoms with Crippen LogP contribution in [0.2, 0.25) is 5.02 Å². The second kappa shape index (κ2) is 6.11. The molecular formula is C13H18ClNO3S. The minimum atomic E-state index is -3.01. The van der Waals surface area contributed by atoms with Gasteiger partial charge in [-0.2, -0.15) is 0 Å². The highest BCUT2D eigenvalue weighted by molar-refractivity contribution is 7.90. The molecule has 1 N–H and O–H groups in total. The fraction of sp³-hybridized carbons (Fsp3) is 0.538. The van der Waals surface area contributed by atoms with Crippen molar-refractivity contribution in [2.75, 3.05) is 18.6 Å². The summed E-state index contributed by atoms with van der Waals surface area (Å²) in [6, 6.07) is 6.02. The standard InChI is InChI=1S/C13H18ClNO3S/c1-19(16,17)8-7-18-13-4-2-3-12(14)11(13)9-15-10-5-6-10/h2-4,10,15H,5-9H2,1H3. The van der Waals surface area contributed by atoms with Crippen LogP contribution in [0.4, 0.5) is 0 Å². The van der Waals surface area contributed by atoms with Gasteiger partial charge in [0.1, 0.15) is 12.4 Å². The quantitative estimate of drug-likeness (QED) is 0.837. The van der Waals surface area contributed by atoms with Gasteiger partial charge in [-0.15, -0.1) is 0 Å². The van der Waals surface area contributed by atoms with Crippen LogP contribution < -0.4 is 10.1 Å². The Morgan fingerprint density at radius 1 is 1.42 bits per heavy atom. The van der Waals surface area contributed by atoms with Gasteiger partial charge >= 0.3 is 0 Å². The lowest BCUT2D eigenvalue weighted by Crippen LogP contribution is -2.17. The first kappa shape index (κ1) is 14.6. The molecule has 106 valence electrons. The van der Waals surface area contributed by atoms with Gasteiger partial charge in [0.2, 0.25) is 0 Å². The summed E-state index contributed by atoms with van der Waals surface area (Å²) in [7, 11) is -3.01. The summed E-state index contributed by atoms with van der Waals surface area (Å²) in [5.41, 5.74) is 0.893. The van der Waals surface area contributed by atoms with Gasteiger partial charge in [-0.1, -0.05) is 17.7 Å². The van der Waals surface area contributed by atoms with E-state index in [-0.39, 0.29) is 12.4 Å². The number of benzene rings is 1. The van der Waals surface area contributed by atoms with E-state index >= 15 is 0 Å². The maximum Gasteiger partial charge on any atom is 0.150 e. The van der Waals surface area contributed by atoms with Crippen molar-refractivity contribution in [3.63, 3.8) is 0 Å². The first-order chi connectivity index (χ1) is 8.96. The van der Waals surface area contributed by atoms with Gasteiger partial charge in [0.05, 0.1) is 5.75 Å². The summed E-state index contributed by atoms with van der Waals surface area (Å²) in [5.74, 6) is 0.666. The average Bonchev–Trinajstić information content (AvgIpc) is 3.10. The number of hydrogen-bond donors (Lipinski definition) is 1. The van der Waals surface area contributed by atoms with E-state index < -0.39 is 9.84 Å². The third-order valence-electron chi connectivity index (χ3n) is 2.93. The van der Waals surface area contributed by atoms with Crippen LogP contribution in [0.25, 0.3) is 0 Å². The fourth-order valence-corrected chi connectivity index (χ4v) is 2.30. The van der Waals surface area contributed by atoms with Gasteiger partial charge in [0.25, 0.3) is 0 Å².